The van der Waals surface area contributed by atoms with E-state index in [1.807, 2.05) is 30.3 Å². The molecule has 0 bridgehead atoms. The molecule has 0 unspecified atom stereocenters. The van der Waals surface area contributed by atoms with Gasteiger partial charge in [-0.1, -0.05) is 41.4 Å². The first-order valence-electron chi connectivity index (χ1n) is 7.86. The summed E-state index contributed by atoms with van der Waals surface area (Å²) in [5.41, 5.74) is 5.68. The average molecular weight is 392 g/mol. The van der Waals surface area contributed by atoms with Crippen molar-refractivity contribution < 1.29 is 14.4 Å². The quantitative estimate of drug-likeness (QED) is 0.789. The molecular formula is C18H15Cl2N3O3. The standard InChI is InChI=1S/C18H15Cl2N3O3/c19-14-7-6-11(8-15(14)20)17(25)21-22-18(26)12-9-16(24)23(10-12)13-4-2-1-3-5-13/h1-8,12H,9-10H2,(H,21,25)(H,22,26)/t12-/m1/s1. The summed E-state index contributed by atoms with van der Waals surface area (Å²) in [6.45, 7) is 0.261. The Kier molecular flexibility index (Phi) is 5.44. The third-order valence-corrected chi connectivity index (χ3v) is 4.78. The Hall–Kier alpha value is -2.57. The average Bonchev–Trinajstić information content (AvgIpc) is 3.04. The zero-order valence-electron chi connectivity index (χ0n) is 13.5. The van der Waals surface area contributed by atoms with E-state index in [0.717, 1.165) is 5.69 Å². The van der Waals surface area contributed by atoms with E-state index >= 15 is 0 Å². The van der Waals surface area contributed by atoms with E-state index in [0.29, 0.717) is 5.02 Å². The number of nitrogens with zero attached hydrogens (tertiary/aromatic N) is 1. The Morgan fingerprint density at radius 2 is 1.73 bits per heavy atom. The van der Waals surface area contributed by atoms with E-state index in [2.05, 4.69) is 10.9 Å². The van der Waals surface area contributed by atoms with Crippen LogP contribution in [0.25, 0.3) is 0 Å². The lowest BCUT2D eigenvalue weighted by molar-refractivity contribution is -0.126. The largest absolute Gasteiger partial charge is 0.312 e. The minimum absolute atomic E-state index is 0.0867. The second kappa shape index (κ2) is 7.76. The smallest absolute Gasteiger partial charge is 0.269 e. The first-order valence-corrected chi connectivity index (χ1v) is 8.62. The van der Waals surface area contributed by atoms with E-state index in [-0.39, 0.29) is 29.5 Å². The van der Waals surface area contributed by atoms with Crippen molar-refractivity contribution in [2.24, 2.45) is 5.92 Å². The van der Waals surface area contributed by atoms with Crippen LogP contribution >= 0.6 is 23.2 Å². The molecule has 134 valence electrons. The maximum absolute atomic E-state index is 12.3. The van der Waals surface area contributed by atoms with Gasteiger partial charge in [-0.25, -0.2) is 0 Å². The Morgan fingerprint density at radius 1 is 1.00 bits per heavy atom. The predicted molar refractivity (Wildman–Crippen MR) is 99.0 cm³/mol. The third-order valence-electron chi connectivity index (χ3n) is 4.04. The number of para-hydroxylation sites is 1. The topological polar surface area (TPSA) is 78.5 Å². The van der Waals surface area contributed by atoms with Crippen LogP contribution in [-0.4, -0.2) is 24.3 Å². The minimum Gasteiger partial charge on any atom is -0.312 e. The summed E-state index contributed by atoms with van der Waals surface area (Å²) in [6.07, 6.45) is 0.0867. The van der Waals surface area contributed by atoms with Gasteiger partial charge in [-0.15, -0.1) is 0 Å². The molecule has 0 aromatic heterocycles. The number of hydrogen-bond donors (Lipinski definition) is 2. The van der Waals surface area contributed by atoms with E-state index in [4.69, 9.17) is 23.2 Å². The zero-order valence-corrected chi connectivity index (χ0v) is 15.1. The lowest BCUT2D eigenvalue weighted by Crippen LogP contribution is -2.45. The number of carbonyl (C=O) groups excluding carboxylic acids is 3. The van der Waals surface area contributed by atoms with Gasteiger partial charge in [0.25, 0.3) is 5.91 Å². The van der Waals surface area contributed by atoms with E-state index in [1.165, 1.54) is 18.2 Å². The second-order valence-corrected chi connectivity index (χ2v) is 6.63. The summed E-state index contributed by atoms with van der Waals surface area (Å²) in [5, 5.41) is 0.572. The van der Waals surface area contributed by atoms with Gasteiger partial charge in [-0.2, -0.15) is 0 Å². The molecule has 0 spiro atoms. The van der Waals surface area contributed by atoms with Gasteiger partial charge in [0, 0.05) is 24.2 Å². The van der Waals surface area contributed by atoms with Crippen LogP contribution in [0.3, 0.4) is 0 Å². The van der Waals surface area contributed by atoms with Gasteiger partial charge in [0.05, 0.1) is 16.0 Å². The van der Waals surface area contributed by atoms with Gasteiger partial charge in [-0.05, 0) is 30.3 Å². The highest BCUT2D eigenvalue weighted by Crippen LogP contribution is 2.25. The number of rotatable bonds is 3. The second-order valence-electron chi connectivity index (χ2n) is 5.81. The summed E-state index contributed by atoms with van der Waals surface area (Å²) in [7, 11) is 0. The number of benzene rings is 2. The third kappa shape index (κ3) is 3.98. The molecule has 8 heteroatoms. The van der Waals surface area contributed by atoms with Gasteiger partial charge >= 0.3 is 0 Å². The van der Waals surface area contributed by atoms with Crippen LogP contribution in [0.5, 0.6) is 0 Å². The molecule has 6 nitrogen and oxygen atoms in total. The molecule has 3 rings (SSSR count). The molecule has 2 aromatic carbocycles. The molecule has 0 radical (unpaired) electrons. The first kappa shape index (κ1) is 18.2. The SMILES string of the molecule is O=C(NNC(=O)[C@@H]1CC(=O)N(c2ccccc2)C1)c1ccc(Cl)c(Cl)c1. The fraction of sp³-hybridized carbons (Fsp3) is 0.167. The van der Waals surface area contributed by atoms with Crippen LogP contribution in [0.1, 0.15) is 16.8 Å². The molecular weight excluding hydrogens is 377 g/mol. The highest BCUT2D eigenvalue weighted by Gasteiger charge is 2.35. The lowest BCUT2D eigenvalue weighted by Gasteiger charge is -2.16. The van der Waals surface area contributed by atoms with Crippen LogP contribution in [0, 0.1) is 5.92 Å². The van der Waals surface area contributed by atoms with Crippen molar-refractivity contribution in [1.29, 1.82) is 0 Å². The number of carbonyl (C=O) groups is 3. The molecule has 2 aromatic rings. The summed E-state index contributed by atoms with van der Waals surface area (Å²) < 4.78 is 0. The lowest BCUT2D eigenvalue weighted by atomic mass is 10.1. The molecule has 1 aliphatic rings. The van der Waals surface area contributed by atoms with Crippen LogP contribution in [-0.2, 0) is 9.59 Å². The normalized spacial score (nSPS) is 16.5. The zero-order chi connectivity index (χ0) is 18.7. The highest BCUT2D eigenvalue weighted by molar-refractivity contribution is 6.42. The molecule has 1 saturated heterocycles. The molecule has 2 N–H and O–H groups in total. The summed E-state index contributed by atoms with van der Waals surface area (Å²) >= 11 is 11.7. The van der Waals surface area contributed by atoms with Gasteiger partial charge < -0.3 is 4.90 Å². The summed E-state index contributed by atoms with van der Waals surface area (Å²) in [4.78, 5) is 38.1. The Labute approximate surface area is 160 Å². The molecule has 1 atom stereocenters. The monoisotopic (exact) mass is 391 g/mol. The Morgan fingerprint density at radius 3 is 2.42 bits per heavy atom. The number of amides is 3. The molecule has 0 aliphatic carbocycles. The maximum atomic E-state index is 12.3. The summed E-state index contributed by atoms with van der Waals surface area (Å²) in [5.74, 6) is -1.63. The van der Waals surface area contributed by atoms with Gasteiger partial charge in [-0.3, -0.25) is 25.2 Å². The van der Waals surface area contributed by atoms with Crippen LogP contribution in [0.15, 0.2) is 48.5 Å². The van der Waals surface area contributed by atoms with Crippen molar-refractivity contribution in [3.05, 3.63) is 64.1 Å². The molecule has 26 heavy (non-hydrogen) atoms. The van der Waals surface area contributed by atoms with Crippen molar-refractivity contribution in [3.63, 3.8) is 0 Å². The Bertz CT molecular complexity index is 858. The van der Waals surface area contributed by atoms with Gasteiger partial charge in [0.15, 0.2) is 0 Å². The maximum Gasteiger partial charge on any atom is 0.269 e. The van der Waals surface area contributed by atoms with E-state index in [1.54, 1.807) is 4.90 Å². The molecule has 0 saturated carbocycles. The fourth-order valence-electron chi connectivity index (χ4n) is 2.67. The van der Waals surface area contributed by atoms with Gasteiger partial charge in [0.1, 0.15) is 0 Å². The van der Waals surface area contributed by atoms with Crippen molar-refractivity contribution >= 4 is 46.6 Å². The van der Waals surface area contributed by atoms with Crippen molar-refractivity contribution in [3.8, 4) is 0 Å². The minimum atomic E-state index is -0.545. The fourth-order valence-corrected chi connectivity index (χ4v) is 2.97. The highest BCUT2D eigenvalue weighted by atomic mass is 35.5. The number of halogens is 2. The van der Waals surface area contributed by atoms with E-state index in [9.17, 15) is 14.4 Å². The number of anilines is 1. The first-order chi connectivity index (χ1) is 12.5. The van der Waals surface area contributed by atoms with Crippen LogP contribution in [0.2, 0.25) is 10.0 Å². The summed E-state index contributed by atoms with van der Waals surface area (Å²) in [6, 6.07) is 13.5. The number of hydrazine groups is 1. The number of nitrogens with one attached hydrogen (secondary N) is 2. The van der Waals surface area contributed by atoms with Crippen LogP contribution < -0.4 is 15.8 Å². The predicted octanol–water partition coefficient (Wildman–Crippen LogP) is 2.81. The van der Waals surface area contributed by atoms with E-state index < -0.39 is 17.7 Å². The molecule has 1 heterocycles. The van der Waals surface area contributed by atoms with Gasteiger partial charge in [0.2, 0.25) is 11.8 Å². The Balaban J connectivity index is 1.58. The molecule has 3 amide bonds. The molecule has 1 fully saturated rings. The van der Waals surface area contributed by atoms with Crippen molar-refractivity contribution in [2.75, 3.05) is 11.4 Å². The van der Waals surface area contributed by atoms with Crippen LogP contribution in [0.4, 0.5) is 5.69 Å². The van der Waals surface area contributed by atoms with Crippen molar-refractivity contribution in [1.82, 2.24) is 10.9 Å². The molecule has 1 aliphatic heterocycles. The number of hydrogen-bond acceptors (Lipinski definition) is 3. The van der Waals surface area contributed by atoms with Crippen molar-refractivity contribution in [2.45, 2.75) is 6.42 Å².